The molecule has 4 N–H and O–H groups in total. The third kappa shape index (κ3) is 8.21. The average molecular weight is 499 g/mol. The molecule has 13 heteroatoms. The quantitative estimate of drug-likeness (QED) is 0.269. The third-order valence-corrected chi connectivity index (χ3v) is 5.80. The summed E-state index contributed by atoms with van der Waals surface area (Å²) >= 11 is 0. The second kappa shape index (κ2) is 12.0. The molecule has 0 spiro atoms. The standard InChI is InChI=1S/C22H29F3N6O4/c1-14(13-32)29-17-8-6-15(7-9-17)10-26-20-18(31(33)34)12-28-21(30-20)27-11-16-4-2-3-5-19(16)35-22(23,24)25/h2-5,12,14-15,17,29,32H,6-11,13H2,1H3,(H2,26,27,28,30)/t14-,15-,17-/m1/s1. The molecule has 35 heavy (non-hydrogen) atoms. The zero-order valence-electron chi connectivity index (χ0n) is 19.2. The maximum Gasteiger partial charge on any atom is 0.573 e. The van der Waals surface area contributed by atoms with E-state index in [0.29, 0.717) is 18.5 Å². The third-order valence-electron chi connectivity index (χ3n) is 5.80. The van der Waals surface area contributed by atoms with Crippen molar-refractivity contribution in [3.63, 3.8) is 0 Å². The number of aromatic nitrogens is 2. The maximum atomic E-state index is 12.6. The van der Waals surface area contributed by atoms with Gasteiger partial charge in [-0.05, 0) is 44.6 Å². The summed E-state index contributed by atoms with van der Waals surface area (Å²) in [6.07, 6.45) is -0.0503. The van der Waals surface area contributed by atoms with E-state index in [0.717, 1.165) is 31.9 Å². The fourth-order valence-corrected chi connectivity index (χ4v) is 4.00. The molecule has 1 fully saturated rings. The fraction of sp³-hybridized carbons (Fsp3) is 0.545. The van der Waals surface area contributed by atoms with Crippen molar-refractivity contribution < 1.29 is 27.9 Å². The molecule has 10 nitrogen and oxygen atoms in total. The van der Waals surface area contributed by atoms with Gasteiger partial charge in [0.05, 0.1) is 11.5 Å². The molecule has 1 aliphatic rings. The molecule has 2 aromatic rings. The zero-order valence-corrected chi connectivity index (χ0v) is 19.2. The van der Waals surface area contributed by atoms with Crippen LogP contribution < -0.4 is 20.7 Å². The number of aliphatic hydroxyl groups is 1. The summed E-state index contributed by atoms with van der Waals surface area (Å²) in [6.45, 7) is 2.42. The van der Waals surface area contributed by atoms with Gasteiger partial charge in [-0.1, -0.05) is 18.2 Å². The predicted molar refractivity (Wildman–Crippen MR) is 123 cm³/mol. The van der Waals surface area contributed by atoms with Gasteiger partial charge in [0, 0.05) is 30.7 Å². The Labute approximate surface area is 200 Å². The van der Waals surface area contributed by atoms with Gasteiger partial charge in [-0.3, -0.25) is 10.1 Å². The normalized spacial score (nSPS) is 19.1. The summed E-state index contributed by atoms with van der Waals surface area (Å²) < 4.78 is 41.9. The molecule has 0 bridgehead atoms. The lowest BCUT2D eigenvalue weighted by atomic mass is 9.85. The number of para-hydroxylation sites is 1. The SMILES string of the molecule is C[C@H](CO)N[C@H]1CC[C@H](CNc2nc(NCc3ccccc3OC(F)(F)F)ncc2[N+](=O)[O-])CC1. The number of hydrogen-bond acceptors (Lipinski definition) is 9. The minimum Gasteiger partial charge on any atom is -0.405 e. The number of nitro groups is 1. The van der Waals surface area contributed by atoms with E-state index in [9.17, 15) is 28.4 Å². The fourth-order valence-electron chi connectivity index (χ4n) is 4.00. The van der Waals surface area contributed by atoms with Gasteiger partial charge in [-0.2, -0.15) is 4.98 Å². The average Bonchev–Trinajstić information content (AvgIpc) is 2.82. The molecular formula is C22H29F3N6O4. The highest BCUT2D eigenvalue weighted by Crippen LogP contribution is 2.29. The van der Waals surface area contributed by atoms with Gasteiger partial charge in [0.2, 0.25) is 11.8 Å². The largest absolute Gasteiger partial charge is 0.573 e. The number of rotatable bonds is 11. The van der Waals surface area contributed by atoms with Crippen LogP contribution in [0.5, 0.6) is 5.75 Å². The van der Waals surface area contributed by atoms with Crippen LogP contribution in [0, 0.1) is 16.0 Å². The number of alkyl halides is 3. The van der Waals surface area contributed by atoms with Crippen molar-refractivity contribution >= 4 is 17.5 Å². The highest BCUT2D eigenvalue weighted by atomic mass is 19.4. The van der Waals surface area contributed by atoms with Crippen molar-refractivity contribution in [3.05, 3.63) is 46.1 Å². The number of hydrogen-bond donors (Lipinski definition) is 4. The van der Waals surface area contributed by atoms with Crippen LogP contribution in [0.15, 0.2) is 30.5 Å². The first-order chi connectivity index (χ1) is 16.6. The van der Waals surface area contributed by atoms with Crippen LogP contribution in [0.2, 0.25) is 0 Å². The van der Waals surface area contributed by atoms with Gasteiger partial charge in [-0.25, -0.2) is 4.98 Å². The molecule has 0 aliphatic heterocycles. The van der Waals surface area contributed by atoms with E-state index in [4.69, 9.17) is 0 Å². The molecule has 1 saturated carbocycles. The monoisotopic (exact) mass is 498 g/mol. The highest BCUT2D eigenvalue weighted by Gasteiger charge is 2.32. The van der Waals surface area contributed by atoms with Crippen molar-refractivity contribution in [2.45, 2.75) is 57.6 Å². The molecule has 0 saturated heterocycles. The van der Waals surface area contributed by atoms with Crippen LogP contribution in [0.1, 0.15) is 38.2 Å². The van der Waals surface area contributed by atoms with Crippen LogP contribution in [0.3, 0.4) is 0 Å². The molecule has 192 valence electrons. The molecule has 1 aromatic heterocycles. The van der Waals surface area contributed by atoms with Crippen molar-refractivity contribution in [1.82, 2.24) is 15.3 Å². The summed E-state index contributed by atoms with van der Waals surface area (Å²) in [5.41, 5.74) is -0.0642. The summed E-state index contributed by atoms with van der Waals surface area (Å²) in [4.78, 5) is 19.0. The van der Waals surface area contributed by atoms with Crippen LogP contribution in [-0.2, 0) is 6.54 Å². The van der Waals surface area contributed by atoms with E-state index < -0.39 is 11.3 Å². The zero-order chi connectivity index (χ0) is 25.4. The van der Waals surface area contributed by atoms with E-state index in [1.807, 2.05) is 6.92 Å². The molecule has 1 atom stereocenters. The first-order valence-electron chi connectivity index (χ1n) is 11.3. The van der Waals surface area contributed by atoms with Crippen LogP contribution in [-0.4, -0.2) is 51.6 Å². The Kier molecular flexibility index (Phi) is 9.04. The predicted octanol–water partition coefficient (Wildman–Crippen LogP) is 3.84. The number of nitrogens with one attached hydrogen (secondary N) is 3. The minimum atomic E-state index is -4.83. The number of halogens is 3. The highest BCUT2D eigenvalue weighted by molar-refractivity contribution is 5.57. The second-order valence-electron chi connectivity index (χ2n) is 8.54. The van der Waals surface area contributed by atoms with E-state index in [-0.39, 0.29) is 48.0 Å². The molecule has 0 radical (unpaired) electrons. The summed E-state index contributed by atoms with van der Waals surface area (Å²) in [5.74, 6) is 0.0216. The Morgan fingerprint density at radius 1 is 1.23 bits per heavy atom. The lowest BCUT2D eigenvalue weighted by Gasteiger charge is -2.31. The van der Waals surface area contributed by atoms with Crippen molar-refractivity contribution in [3.8, 4) is 5.75 Å². The summed E-state index contributed by atoms with van der Waals surface area (Å²) in [6, 6.07) is 6.02. The maximum absolute atomic E-state index is 12.6. The Balaban J connectivity index is 1.61. The topological polar surface area (TPSA) is 134 Å². The van der Waals surface area contributed by atoms with Gasteiger partial charge in [-0.15, -0.1) is 13.2 Å². The molecule has 3 rings (SSSR count). The second-order valence-corrected chi connectivity index (χ2v) is 8.54. The smallest absolute Gasteiger partial charge is 0.405 e. The molecule has 1 heterocycles. The van der Waals surface area contributed by atoms with Gasteiger partial charge >= 0.3 is 12.0 Å². The molecule has 1 aliphatic carbocycles. The van der Waals surface area contributed by atoms with E-state index in [1.165, 1.54) is 18.2 Å². The van der Waals surface area contributed by atoms with Crippen LogP contribution >= 0.6 is 0 Å². The van der Waals surface area contributed by atoms with Gasteiger partial charge < -0.3 is 25.8 Å². The molecule has 0 amide bonds. The van der Waals surface area contributed by atoms with E-state index >= 15 is 0 Å². The Hall–Kier alpha value is -3.19. The number of aliphatic hydroxyl groups excluding tert-OH is 1. The van der Waals surface area contributed by atoms with Crippen molar-refractivity contribution in [1.29, 1.82) is 0 Å². The van der Waals surface area contributed by atoms with Gasteiger partial charge in [0.25, 0.3) is 0 Å². The molecular weight excluding hydrogens is 469 g/mol. The van der Waals surface area contributed by atoms with Crippen molar-refractivity contribution in [2.75, 3.05) is 23.8 Å². The summed E-state index contributed by atoms with van der Waals surface area (Å²) in [5, 5.41) is 29.8. The van der Waals surface area contributed by atoms with Crippen molar-refractivity contribution in [2.24, 2.45) is 5.92 Å². The summed E-state index contributed by atoms with van der Waals surface area (Å²) in [7, 11) is 0. The molecule has 0 unspecified atom stereocenters. The molecule has 1 aromatic carbocycles. The first-order valence-corrected chi connectivity index (χ1v) is 11.3. The Morgan fingerprint density at radius 3 is 2.60 bits per heavy atom. The van der Waals surface area contributed by atoms with Crippen LogP contribution in [0.25, 0.3) is 0 Å². The van der Waals surface area contributed by atoms with E-state index in [1.54, 1.807) is 6.07 Å². The number of anilines is 2. The number of nitrogens with zero attached hydrogens (tertiary/aromatic N) is 3. The lowest BCUT2D eigenvalue weighted by Crippen LogP contribution is -2.41. The Morgan fingerprint density at radius 2 is 1.94 bits per heavy atom. The Bertz CT molecular complexity index is 986. The minimum absolute atomic E-state index is 0.0332. The number of ether oxygens (including phenoxy) is 1. The first kappa shape index (κ1) is 26.4. The lowest BCUT2D eigenvalue weighted by molar-refractivity contribution is -0.384. The van der Waals surface area contributed by atoms with Gasteiger partial charge in [0.1, 0.15) is 11.9 Å². The number of benzene rings is 1. The van der Waals surface area contributed by atoms with E-state index in [2.05, 4.69) is 30.7 Å². The van der Waals surface area contributed by atoms with Gasteiger partial charge in [0.15, 0.2) is 0 Å². The van der Waals surface area contributed by atoms with Crippen LogP contribution in [0.4, 0.5) is 30.6 Å².